The van der Waals surface area contributed by atoms with Gasteiger partial charge in [0, 0.05) is 19.3 Å². The van der Waals surface area contributed by atoms with Crippen LogP contribution in [-0.2, 0) is 28.6 Å². The van der Waals surface area contributed by atoms with Crippen molar-refractivity contribution in [2.75, 3.05) is 13.2 Å². The molecule has 0 aliphatic heterocycles. The summed E-state index contributed by atoms with van der Waals surface area (Å²) in [7, 11) is 0. The Morgan fingerprint density at radius 2 is 0.600 bits per heavy atom. The van der Waals surface area contributed by atoms with E-state index in [0.717, 1.165) is 128 Å². The molecule has 0 N–H and O–H groups in total. The van der Waals surface area contributed by atoms with Crippen LogP contribution >= 0.6 is 0 Å². The number of unbranched alkanes of at least 4 members (excludes halogenated alkanes) is 17. The SMILES string of the molecule is CC/C=C\C/C=C\C/C=C\C/C=C\C/C=C\CCCCCC(=O)OC(COC(=O)CCCCCCCCC)COC(=O)CCCCCCCCCC/C=C\C/C=C\C/C=C\C/C=C\CC. The summed E-state index contributed by atoms with van der Waals surface area (Å²) in [6.07, 6.45) is 70.9. The van der Waals surface area contributed by atoms with Gasteiger partial charge in [0.05, 0.1) is 0 Å². The van der Waals surface area contributed by atoms with E-state index in [9.17, 15) is 14.4 Å². The molecular formula is C59H96O6. The maximum atomic E-state index is 12.8. The van der Waals surface area contributed by atoms with E-state index in [1.807, 2.05) is 0 Å². The van der Waals surface area contributed by atoms with E-state index in [-0.39, 0.29) is 37.5 Å². The second-order valence-corrected chi connectivity index (χ2v) is 17.0. The molecule has 65 heavy (non-hydrogen) atoms. The zero-order valence-electron chi connectivity index (χ0n) is 42.0. The summed E-state index contributed by atoms with van der Waals surface area (Å²) in [5.41, 5.74) is 0. The van der Waals surface area contributed by atoms with Crippen LogP contribution in [0.3, 0.4) is 0 Å². The van der Waals surface area contributed by atoms with Gasteiger partial charge in [0.15, 0.2) is 6.10 Å². The van der Waals surface area contributed by atoms with Crippen LogP contribution < -0.4 is 0 Å². The summed E-state index contributed by atoms with van der Waals surface area (Å²) >= 11 is 0. The van der Waals surface area contributed by atoms with E-state index in [2.05, 4.69) is 130 Å². The molecule has 0 rings (SSSR count). The van der Waals surface area contributed by atoms with E-state index < -0.39 is 6.10 Å². The summed E-state index contributed by atoms with van der Waals surface area (Å²) in [6, 6.07) is 0. The zero-order valence-corrected chi connectivity index (χ0v) is 42.0. The standard InChI is InChI=1S/C59H96O6/c1-4-7-10-13-16-18-20-22-24-26-28-29-31-32-34-36-38-40-43-46-49-52-58(61)64-55-56(54-63-57(60)51-48-45-42-15-12-9-6-3)65-59(62)53-50-47-44-41-39-37-35-33-30-27-25-23-21-19-17-14-11-8-5-2/h7-8,10-11,16-19,22-25,28-30,33,37,39,56H,4-6,9,12-15,20-21,26-27,31-32,34-36,38,40-55H2,1-3H3/b10-7-,11-8-,18-16-,19-17-,24-22-,25-23-,29-28-,33-30-,39-37-. The Labute approximate surface area is 400 Å². The quantitative estimate of drug-likeness (QED) is 0.0262. The molecule has 0 saturated carbocycles. The topological polar surface area (TPSA) is 78.9 Å². The van der Waals surface area contributed by atoms with Crippen molar-refractivity contribution in [1.82, 2.24) is 0 Å². The molecule has 6 heteroatoms. The summed E-state index contributed by atoms with van der Waals surface area (Å²) in [6.45, 7) is 6.32. The minimum Gasteiger partial charge on any atom is -0.462 e. The van der Waals surface area contributed by atoms with Crippen molar-refractivity contribution in [2.45, 2.75) is 232 Å². The lowest BCUT2D eigenvalue weighted by Gasteiger charge is -2.18. The summed E-state index contributed by atoms with van der Waals surface area (Å²) in [5, 5.41) is 0. The van der Waals surface area contributed by atoms with Gasteiger partial charge in [0.2, 0.25) is 0 Å². The monoisotopic (exact) mass is 901 g/mol. The van der Waals surface area contributed by atoms with Gasteiger partial charge in [-0.3, -0.25) is 14.4 Å². The van der Waals surface area contributed by atoms with Crippen molar-refractivity contribution in [1.29, 1.82) is 0 Å². The Morgan fingerprint density at radius 1 is 0.323 bits per heavy atom. The number of hydrogen-bond acceptors (Lipinski definition) is 6. The van der Waals surface area contributed by atoms with Crippen LogP contribution in [0.1, 0.15) is 226 Å². The Morgan fingerprint density at radius 3 is 0.954 bits per heavy atom. The highest BCUT2D eigenvalue weighted by atomic mass is 16.6. The molecule has 0 aromatic carbocycles. The normalized spacial score (nSPS) is 13.0. The van der Waals surface area contributed by atoms with Crippen molar-refractivity contribution < 1.29 is 28.6 Å². The van der Waals surface area contributed by atoms with Gasteiger partial charge in [-0.2, -0.15) is 0 Å². The van der Waals surface area contributed by atoms with Gasteiger partial charge in [-0.25, -0.2) is 0 Å². The van der Waals surface area contributed by atoms with Crippen molar-refractivity contribution in [3.05, 3.63) is 109 Å². The Hall–Kier alpha value is -3.93. The van der Waals surface area contributed by atoms with Gasteiger partial charge < -0.3 is 14.2 Å². The largest absolute Gasteiger partial charge is 0.462 e. The van der Waals surface area contributed by atoms with Gasteiger partial charge in [0.25, 0.3) is 0 Å². The molecule has 0 saturated heterocycles. The second-order valence-electron chi connectivity index (χ2n) is 17.0. The average Bonchev–Trinajstić information content (AvgIpc) is 3.30. The molecule has 0 fully saturated rings. The van der Waals surface area contributed by atoms with Crippen LogP contribution in [0.25, 0.3) is 0 Å². The molecule has 0 aliphatic carbocycles. The number of rotatable bonds is 46. The first-order chi connectivity index (χ1) is 32.0. The highest BCUT2D eigenvalue weighted by Crippen LogP contribution is 2.13. The molecule has 0 radical (unpaired) electrons. The van der Waals surface area contributed by atoms with Crippen molar-refractivity contribution in [3.8, 4) is 0 Å². The Balaban J connectivity index is 4.33. The molecule has 1 atom stereocenters. The summed E-state index contributed by atoms with van der Waals surface area (Å²) in [5.74, 6) is -0.947. The van der Waals surface area contributed by atoms with Crippen LogP contribution in [0.2, 0.25) is 0 Å². The maximum Gasteiger partial charge on any atom is 0.306 e. The molecule has 6 nitrogen and oxygen atoms in total. The van der Waals surface area contributed by atoms with Gasteiger partial charge in [-0.15, -0.1) is 0 Å². The number of hydrogen-bond donors (Lipinski definition) is 0. The average molecular weight is 901 g/mol. The fraction of sp³-hybridized carbons (Fsp3) is 0.644. The fourth-order valence-corrected chi connectivity index (χ4v) is 6.87. The van der Waals surface area contributed by atoms with Crippen molar-refractivity contribution in [2.24, 2.45) is 0 Å². The van der Waals surface area contributed by atoms with E-state index in [0.29, 0.717) is 12.8 Å². The molecule has 0 heterocycles. The minimum absolute atomic E-state index is 0.0954. The second kappa shape index (κ2) is 52.7. The van der Waals surface area contributed by atoms with Gasteiger partial charge >= 0.3 is 17.9 Å². The van der Waals surface area contributed by atoms with E-state index in [1.165, 1.54) is 57.8 Å². The Kier molecular flexibility index (Phi) is 49.5. The van der Waals surface area contributed by atoms with Crippen LogP contribution in [0.4, 0.5) is 0 Å². The van der Waals surface area contributed by atoms with Crippen LogP contribution in [0.15, 0.2) is 109 Å². The maximum absolute atomic E-state index is 12.8. The third-order valence-electron chi connectivity index (χ3n) is 10.8. The third-order valence-corrected chi connectivity index (χ3v) is 10.8. The summed E-state index contributed by atoms with van der Waals surface area (Å²) < 4.78 is 16.7. The summed E-state index contributed by atoms with van der Waals surface area (Å²) in [4.78, 5) is 37.9. The zero-order chi connectivity index (χ0) is 47.2. The predicted octanol–water partition coefficient (Wildman–Crippen LogP) is 17.5. The van der Waals surface area contributed by atoms with Crippen LogP contribution in [0, 0.1) is 0 Å². The van der Waals surface area contributed by atoms with Gasteiger partial charge in [-0.05, 0) is 103 Å². The first-order valence-electron chi connectivity index (χ1n) is 26.4. The van der Waals surface area contributed by atoms with Gasteiger partial charge in [0.1, 0.15) is 13.2 Å². The smallest absolute Gasteiger partial charge is 0.306 e. The van der Waals surface area contributed by atoms with E-state index in [4.69, 9.17) is 14.2 Å². The number of carbonyl (C=O) groups is 3. The predicted molar refractivity (Wildman–Crippen MR) is 279 cm³/mol. The molecule has 368 valence electrons. The van der Waals surface area contributed by atoms with E-state index in [1.54, 1.807) is 0 Å². The Bertz CT molecular complexity index is 1360. The van der Waals surface area contributed by atoms with E-state index >= 15 is 0 Å². The molecule has 0 aromatic rings. The molecule has 0 spiro atoms. The molecule has 0 aromatic heterocycles. The number of ether oxygens (including phenoxy) is 3. The lowest BCUT2D eigenvalue weighted by molar-refractivity contribution is -0.167. The number of esters is 3. The third kappa shape index (κ3) is 50.9. The van der Waals surface area contributed by atoms with Gasteiger partial charge in [-0.1, -0.05) is 214 Å². The molecule has 0 amide bonds. The van der Waals surface area contributed by atoms with Crippen LogP contribution in [0.5, 0.6) is 0 Å². The molecule has 0 bridgehead atoms. The minimum atomic E-state index is -0.798. The highest BCUT2D eigenvalue weighted by molar-refractivity contribution is 5.71. The number of carbonyl (C=O) groups excluding carboxylic acids is 3. The van der Waals surface area contributed by atoms with Crippen molar-refractivity contribution >= 4 is 17.9 Å². The first-order valence-corrected chi connectivity index (χ1v) is 26.4. The molecular weight excluding hydrogens is 805 g/mol. The van der Waals surface area contributed by atoms with Crippen molar-refractivity contribution in [3.63, 3.8) is 0 Å². The highest BCUT2D eigenvalue weighted by Gasteiger charge is 2.19. The first kappa shape index (κ1) is 61.1. The van der Waals surface area contributed by atoms with Crippen LogP contribution in [-0.4, -0.2) is 37.2 Å². The fourth-order valence-electron chi connectivity index (χ4n) is 6.87. The molecule has 0 aliphatic rings. The molecule has 1 unspecified atom stereocenters. The lowest BCUT2D eigenvalue weighted by atomic mass is 10.1. The lowest BCUT2D eigenvalue weighted by Crippen LogP contribution is -2.30. The number of allylic oxidation sites excluding steroid dienone is 18.